The van der Waals surface area contributed by atoms with Gasteiger partial charge in [0.2, 0.25) is 0 Å². The number of allylic oxidation sites excluding steroid dienone is 5. The molecule has 0 atom stereocenters. The van der Waals surface area contributed by atoms with Gasteiger partial charge in [-0.05, 0) is 80.9 Å². The maximum atomic E-state index is 11.9. The molecule has 1 aromatic heterocycles. The quantitative estimate of drug-likeness (QED) is 0.411. The van der Waals surface area contributed by atoms with Gasteiger partial charge in [0.15, 0.2) is 0 Å². The molecule has 3 heteroatoms. The van der Waals surface area contributed by atoms with Crippen LogP contribution in [0.3, 0.4) is 0 Å². The van der Waals surface area contributed by atoms with Crippen molar-refractivity contribution in [2.24, 2.45) is 5.41 Å². The fourth-order valence-corrected chi connectivity index (χ4v) is 3.96. The van der Waals surface area contributed by atoms with Crippen molar-refractivity contribution < 1.29 is 13.9 Å². The highest BCUT2D eigenvalue weighted by atomic mass is 16.5. The highest BCUT2D eigenvalue weighted by Crippen LogP contribution is 2.40. The Balaban J connectivity index is 1.82. The second kappa shape index (κ2) is 8.22. The zero-order chi connectivity index (χ0) is 20.3. The molecule has 0 unspecified atom stereocenters. The van der Waals surface area contributed by atoms with E-state index in [1.807, 2.05) is 18.2 Å². The molecule has 0 spiro atoms. The molecule has 3 nitrogen and oxygen atoms in total. The Labute approximate surface area is 167 Å². The van der Waals surface area contributed by atoms with Crippen LogP contribution < -0.4 is 0 Å². The van der Waals surface area contributed by atoms with E-state index in [9.17, 15) is 4.79 Å². The molecule has 0 amide bonds. The standard InChI is InChI=1S/C25H30O3/c1-6-27-24(26)20-11-10-19-15-21(28-23(19)16-20)14-17(2)9-12-22-18(3)8-7-13-25(22,4)5/h9-12,14-16H,6-8,13H2,1-5H3/b12-9?,17-14+. The van der Waals surface area contributed by atoms with Gasteiger partial charge in [-0.3, -0.25) is 0 Å². The van der Waals surface area contributed by atoms with Gasteiger partial charge in [-0.15, -0.1) is 0 Å². The van der Waals surface area contributed by atoms with Crippen molar-refractivity contribution in [1.82, 2.24) is 0 Å². The van der Waals surface area contributed by atoms with Crippen LogP contribution in [0.4, 0.5) is 0 Å². The number of rotatable bonds is 5. The molecule has 148 valence electrons. The van der Waals surface area contributed by atoms with Crippen LogP contribution in [0.25, 0.3) is 17.0 Å². The van der Waals surface area contributed by atoms with E-state index in [1.54, 1.807) is 19.1 Å². The van der Waals surface area contributed by atoms with Crippen molar-refractivity contribution in [3.63, 3.8) is 0 Å². The predicted octanol–water partition coefficient (Wildman–Crippen LogP) is 7.10. The lowest BCUT2D eigenvalue weighted by Gasteiger charge is -2.32. The highest BCUT2D eigenvalue weighted by Gasteiger charge is 2.26. The number of fused-ring (bicyclic) bond motifs is 1. The van der Waals surface area contributed by atoms with Crippen LogP contribution in [0.1, 0.15) is 70.0 Å². The average molecular weight is 379 g/mol. The van der Waals surface area contributed by atoms with E-state index >= 15 is 0 Å². The van der Waals surface area contributed by atoms with Gasteiger partial charge in [0.1, 0.15) is 11.3 Å². The lowest BCUT2D eigenvalue weighted by Crippen LogP contribution is -2.19. The number of ether oxygens (including phenoxy) is 1. The Morgan fingerprint density at radius 1 is 1.29 bits per heavy atom. The summed E-state index contributed by atoms with van der Waals surface area (Å²) in [7, 11) is 0. The molecule has 1 aliphatic rings. The van der Waals surface area contributed by atoms with E-state index in [-0.39, 0.29) is 11.4 Å². The SMILES string of the molecule is CCOC(=O)c1ccc2cc(/C=C(\C)C=CC3=C(C)CCCC3(C)C)oc2c1. The van der Waals surface area contributed by atoms with Crippen molar-refractivity contribution in [2.75, 3.05) is 6.61 Å². The second-order valence-electron chi connectivity index (χ2n) is 8.27. The van der Waals surface area contributed by atoms with E-state index < -0.39 is 0 Å². The van der Waals surface area contributed by atoms with Crippen LogP contribution in [0.15, 0.2) is 57.6 Å². The fourth-order valence-electron chi connectivity index (χ4n) is 3.96. The summed E-state index contributed by atoms with van der Waals surface area (Å²) in [6.45, 7) is 11.2. The topological polar surface area (TPSA) is 39.4 Å². The minimum absolute atomic E-state index is 0.238. The Kier molecular flexibility index (Phi) is 5.93. The van der Waals surface area contributed by atoms with E-state index in [0.717, 1.165) is 16.7 Å². The van der Waals surface area contributed by atoms with E-state index in [0.29, 0.717) is 17.8 Å². The molecule has 0 saturated heterocycles. The van der Waals surface area contributed by atoms with E-state index in [4.69, 9.17) is 9.15 Å². The third-order valence-corrected chi connectivity index (χ3v) is 5.48. The van der Waals surface area contributed by atoms with E-state index in [2.05, 4.69) is 39.8 Å². The van der Waals surface area contributed by atoms with Gasteiger partial charge in [0, 0.05) is 5.39 Å². The van der Waals surface area contributed by atoms with Gasteiger partial charge in [-0.2, -0.15) is 0 Å². The number of hydrogen-bond donors (Lipinski definition) is 0. The summed E-state index contributed by atoms with van der Waals surface area (Å²) in [6.07, 6.45) is 10.2. The minimum Gasteiger partial charge on any atom is -0.462 e. The second-order valence-corrected chi connectivity index (χ2v) is 8.27. The highest BCUT2D eigenvalue weighted by molar-refractivity contribution is 5.94. The molecule has 3 rings (SSSR count). The van der Waals surface area contributed by atoms with Gasteiger partial charge in [-0.25, -0.2) is 4.79 Å². The maximum absolute atomic E-state index is 11.9. The van der Waals surface area contributed by atoms with Gasteiger partial charge in [0.25, 0.3) is 0 Å². The van der Waals surface area contributed by atoms with Crippen LogP contribution >= 0.6 is 0 Å². The van der Waals surface area contributed by atoms with Gasteiger partial charge < -0.3 is 9.15 Å². The molecular formula is C25H30O3. The number of carbonyl (C=O) groups excluding carboxylic acids is 1. The molecule has 2 aromatic rings. The third-order valence-electron chi connectivity index (χ3n) is 5.48. The van der Waals surface area contributed by atoms with Crippen LogP contribution in [-0.4, -0.2) is 12.6 Å². The summed E-state index contributed by atoms with van der Waals surface area (Å²) >= 11 is 0. The summed E-state index contributed by atoms with van der Waals surface area (Å²) < 4.78 is 11.0. The molecular weight excluding hydrogens is 348 g/mol. The third kappa shape index (κ3) is 4.46. The van der Waals surface area contributed by atoms with Crippen molar-refractivity contribution in [3.8, 4) is 0 Å². The summed E-state index contributed by atoms with van der Waals surface area (Å²) in [5, 5.41) is 0.975. The van der Waals surface area contributed by atoms with Gasteiger partial charge in [0.05, 0.1) is 12.2 Å². The van der Waals surface area contributed by atoms with Crippen LogP contribution in [0, 0.1) is 5.41 Å². The Morgan fingerprint density at radius 3 is 2.79 bits per heavy atom. The van der Waals surface area contributed by atoms with Gasteiger partial charge >= 0.3 is 5.97 Å². The largest absolute Gasteiger partial charge is 0.462 e. The van der Waals surface area contributed by atoms with Gasteiger partial charge in [-0.1, -0.05) is 37.6 Å². The fraction of sp³-hybridized carbons (Fsp3) is 0.400. The number of furan rings is 1. The van der Waals surface area contributed by atoms with Crippen LogP contribution in [0.2, 0.25) is 0 Å². The normalized spacial score (nSPS) is 17.5. The first kappa shape index (κ1) is 20.2. The van der Waals surface area contributed by atoms with Crippen molar-refractivity contribution in [3.05, 3.63) is 64.5 Å². The van der Waals surface area contributed by atoms with E-state index in [1.165, 1.54) is 30.4 Å². The Hall–Kier alpha value is -2.55. The molecule has 1 aliphatic carbocycles. The monoisotopic (exact) mass is 378 g/mol. The minimum atomic E-state index is -0.323. The molecule has 0 radical (unpaired) electrons. The average Bonchev–Trinajstić information content (AvgIpc) is 3.02. The number of carbonyl (C=O) groups is 1. The number of benzene rings is 1. The zero-order valence-corrected chi connectivity index (χ0v) is 17.6. The molecule has 28 heavy (non-hydrogen) atoms. The summed E-state index contributed by atoms with van der Waals surface area (Å²) in [4.78, 5) is 11.9. The van der Waals surface area contributed by atoms with Crippen molar-refractivity contribution in [1.29, 1.82) is 0 Å². The molecule has 1 aromatic carbocycles. The predicted molar refractivity (Wildman–Crippen MR) is 115 cm³/mol. The molecule has 0 bridgehead atoms. The first-order valence-electron chi connectivity index (χ1n) is 10.1. The molecule has 0 saturated carbocycles. The Bertz CT molecular complexity index is 967. The number of hydrogen-bond acceptors (Lipinski definition) is 3. The van der Waals surface area contributed by atoms with Crippen molar-refractivity contribution in [2.45, 2.75) is 53.9 Å². The van der Waals surface area contributed by atoms with Crippen LogP contribution in [-0.2, 0) is 4.74 Å². The zero-order valence-electron chi connectivity index (χ0n) is 17.6. The lowest BCUT2D eigenvalue weighted by molar-refractivity contribution is 0.0526. The molecule has 1 heterocycles. The summed E-state index contributed by atoms with van der Waals surface area (Å²) in [5.74, 6) is 0.461. The number of esters is 1. The van der Waals surface area contributed by atoms with Crippen LogP contribution in [0.5, 0.6) is 0 Å². The summed E-state index contributed by atoms with van der Waals surface area (Å²) in [5.41, 5.74) is 5.53. The Morgan fingerprint density at radius 2 is 2.07 bits per heavy atom. The maximum Gasteiger partial charge on any atom is 0.338 e. The smallest absolute Gasteiger partial charge is 0.338 e. The molecule has 0 N–H and O–H groups in total. The first-order valence-corrected chi connectivity index (χ1v) is 10.1. The molecule has 0 aliphatic heterocycles. The lowest BCUT2D eigenvalue weighted by atomic mass is 9.72. The summed E-state index contributed by atoms with van der Waals surface area (Å²) in [6, 6.07) is 7.41. The molecule has 0 fully saturated rings. The van der Waals surface area contributed by atoms with Crippen molar-refractivity contribution >= 4 is 23.0 Å². The first-order chi connectivity index (χ1) is 13.3.